The first-order valence-corrected chi connectivity index (χ1v) is 7.39. The Morgan fingerprint density at radius 3 is 2.56 bits per heavy atom. The van der Waals surface area contributed by atoms with Gasteiger partial charge in [-0.2, -0.15) is 0 Å². The molecule has 0 radical (unpaired) electrons. The second-order valence-electron chi connectivity index (χ2n) is 4.10. The van der Waals surface area contributed by atoms with E-state index >= 15 is 0 Å². The minimum atomic E-state index is -3.27. The van der Waals surface area contributed by atoms with Crippen molar-refractivity contribution < 1.29 is 8.42 Å². The molecule has 0 saturated heterocycles. The molecule has 0 aromatic carbocycles. The zero-order valence-electron chi connectivity index (χ0n) is 10.0. The van der Waals surface area contributed by atoms with Crippen molar-refractivity contribution in [3.8, 4) is 0 Å². The lowest BCUT2D eigenvalue weighted by atomic mass is 10.3. The van der Waals surface area contributed by atoms with Crippen molar-refractivity contribution in [1.82, 2.24) is 9.62 Å². The van der Waals surface area contributed by atoms with E-state index < -0.39 is 10.0 Å². The average Bonchev–Trinajstić information content (AvgIpc) is 2.63. The van der Waals surface area contributed by atoms with Gasteiger partial charge in [-0.15, -0.1) is 11.3 Å². The van der Waals surface area contributed by atoms with Crippen molar-refractivity contribution in [2.24, 2.45) is 0 Å². The van der Waals surface area contributed by atoms with E-state index in [0.29, 0.717) is 16.8 Å². The Morgan fingerprint density at radius 2 is 2.06 bits per heavy atom. The van der Waals surface area contributed by atoms with Crippen molar-refractivity contribution >= 4 is 21.4 Å². The van der Waals surface area contributed by atoms with E-state index in [1.54, 1.807) is 20.2 Å². The molecule has 0 aliphatic carbocycles. The van der Waals surface area contributed by atoms with E-state index in [1.165, 1.54) is 15.6 Å². The first-order chi connectivity index (χ1) is 7.34. The number of hydrogen-bond acceptors (Lipinski definition) is 4. The Hall–Kier alpha value is -0.430. The van der Waals surface area contributed by atoms with Gasteiger partial charge >= 0.3 is 0 Å². The van der Waals surface area contributed by atoms with Crippen molar-refractivity contribution in [1.29, 1.82) is 0 Å². The molecule has 0 bridgehead atoms. The number of thiophene rings is 1. The van der Waals surface area contributed by atoms with E-state index in [0.717, 1.165) is 5.56 Å². The van der Waals surface area contributed by atoms with Crippen LogP contribution in [0, 0.1) is 0 Å². The number of sulfonamides is 1. The number of hydrogen-bond donors (Lipinski definition) is 1. The largest absolute Gasteiger partial charge is 0.310 e. The first-order valence-electron chi connectivity index (χ1n) is 5.07. The van der Waals surface area contributed by atoms with E-state index in [9.17, 15) is 8.42 Å². The van der Waals surface area contributed by atoms with Gasteiger partial charge in [0.05, 0.1) is 0 Å². The van der Waals surface area contributed by atoms with E-state index in [-0.39, 0.29) is 0 Å². The molecular formula is C10H18N2O2S2. The minimum Gasteiger partial charge on any atom is -0.310 e. The van der Waals surface area contributed by atoms with Crippen molar-refractivity contribution in [2.45, 2.75) is 30.6 Å². The maximum Gasteiger partial charge on any atom is 0.252 e. The maximum absolute atomic E-state index is 11.8. The summed E-state index contributed by atoms with van der Waals surface area (Å²) in [5, 5.41) is 5.13. The average molecular weight is 262 g/mol. The Bertz CT molecular complexity index is 435. The minimum absolute atomic E-state index is 0.397. The van der Waals surface area contributed by atoms with Gasteiger partial charge in [0.1, 0.15) is 4.21 Å². The molecular weight excluding hydrogens is 244 g/mol. The van der Waals surface area contributed by atoms with Crippen LogP contribution in [0.4, 0.5) is 0 Å². The third-order valence-electron chi connectivity index (χ3n) is 2.08. The lowest BCUT2D eigenvalue weighted by Gasteiger charge is -2.08. The summed E-state index contributed by atoms with van der Waals surface area (Å²) in [5.74, 6) is 0. The molecule has 1 aromatic heterocycles. The fourth-order valence-corrected chi connectivity index (χ4v) is 3.46. The third-order valence-corrected chi connectivity index (χ3v) is 5.36. The molecule has 0 spiro atoms. The molecule has 0 fully saturated rings. The van der Waals surface area contributed by atoms with Crippen molar-refractivity contribution in [3.05, 3.63) is 17.0 Å². The summed E-state index contributed by atoms with van der Waals surface area (Å²) in [6.07, 6.45) is 0. The highest BCUT2D eigenvalue weighted by Crippen LogP contribution is 2.22. The zero-order chi connectivity index (χ0) is 12.3. The van der Waals surface area contributed by atoms with Crippen LogP contribution in [0.3, 0.4) is 0 Å². The molecule has 4 nitrogen and oxygen atoms in total. The van der Waals surface area contributed by atoms with Crippen LogP contribution in [0.15, 0.2) is 15.7 Å². The van der Waals surface area contributed by atoms with Crippen LogP contribution in [0.1, 0.15) is 19.4 Å². The van der Waals surface area contributed by atoms with Crippen LogP contribution in [-0.2, 0) is 16.6 Å². The van der Waals surface area contributed by atoms with E-state index in [4.69, 9.17) is 0 Å². The Balaban J connectivity index is 2.80. The van der Waals surface area contributed by atoms with Gasteiger partial charge in [0.15, 0.2) is 0 Å². The SMILES string of the molecule is CC(C)NCc1csc(S(=O)(=O)N(C)C)c1. The van der Waals surface area contributed by atoms with Gasteiger partial charge in [-0.3, -0.25) is 0 Å². The monoisotopic (exact) mass is 262 g/mol. The van der Waals surface area contributed by atoms with Crippen LogP contribution in [-0.4, -0.2) is 32.9 Å². The summed E-state index contributed by atoms with van der Waals surface area (Å²) in [6, 6.07) is 2.13. The molecule has 1 rings (SSSR count). The Kier molecular flexibility index (Phi) is 4.49. The van der Waals surface area contributed by atoms with Crippen molar-refractivity contribution in [2.75, 3.05) is 14.1 Å². The van der Waals surface area contributed by atoms with E-state index in [1.807, 2.05) is 5.38 Å². The molecule has 0 atom stereocenters. The molecule has 6 heteroatoms. The molecule has 0 aliphatic rings. The fraction of sp³-hybridized carbons (Fsp3) is 0.600. The summed E-state index contributed by atoms with van der Waals surface area (Å²) in [6.45, 7) is 4.82. The van der Waals surface area contributed by atoms with Gasteiger partial charge in [0, 0.05) is 26.7 Å². The molecule has 16 heavy (non-hydrogen) atoms. The topological polar surface area (TPSA) is 49.4 Å². The summed E-state index contributed by atoms with van der Waals surface area (Å²) >= 11 is 1.27. The van der Waals surface area contributed by atoms with Crippen LogP contribution in [0.2, 0.25) is 0 Å². The summed E-state index contributed by atoms with van der Waals surface area (Å²) < 4.78 is 25.2. The van der Waals surface area contributed by atoms with Crippen LogP contribution >= 0.6 is 11.3 Å². The lowest BCUT2D eigenvalue weighted by Crippen LogP contribution is -2.22. The molecule has 1 N–H and O–H groups in total. The fourth-order valence-electron chi connectivity index (χ4n) is 1.08. The van der Waals surface area contributed by atoms with Gasteiger partial charge in [-0.25, -0.2) is 12.7 Å². The lowest BCUT2D eigenvalue weighted by molar-refractivity contribution is 0.523. The number of nitrogens with one attached hydrogen (secondary N) is 1. The highest BCUT2D eigenvalue weighted by Gasteiger charge is 2.19. The summed E-state index contributed by atoms with van der Waals surface area (Å²) in [4.78, 5) is 0. The summed E-state index contributed by atoms with van der Waals surface area (Å²) in [7, 11) is -0.185. The van der Waals surface area contributed by atoms with E-state index in [2.05, 4.69) is 19.2 Å². The Morgan fingerprint density at radius 1 is 1.44 bits per heavy atom. The first kappa shape index (κ1) is 13.6. The number of nitrogens with zero attached hydrogens (tertiary/aromatic N) is 1. The molecule has 1 heterocycles. The molecule has 0 unspecified atom stereocenters. The van der Waals surface area contributed by atoms with Crippen molar-refractivity contribution in [3.63, 3.8) is 0 Å². The smallest absolute Gasteiger partial charge is 0.252 e. The highest BCUT2D eigenvalue weighted by atomic mass is 32.2. The second kappa shape index (κ2) is 5.27. The molecule has 0 aliphatic heterocycles. The van der Waals surface area contributed by atoms with Crippen LogP contribution in [0.25, 0.3) is 0 Å². The maximum atomic E-state index is 11.8. The van der Waals surface area contributed by atoms with Gasteiger partial charge in [0.2, 0.25) is 0 Å². The second-order valence-corrected chi connectivity index (χ2v) is 7.39. The summed E-state index contributed by atoms with van der Waals surface area (Å²) in [5.41, 5.74) is 1.01. The highest BCUT2D eigenvalue weighted by molar-refractivity contribution is 7.91. The van der Waals surface area contributed by atoms with Gasteiger partial charge in [-0.05, 0) is 17.0 Å². The zero-order valence-corrected chi connectivity index (χ0v) is 11.7. The predicted molar refractivity (Wildman–Crippen MR) is 67.2 cm³/mol. The Labute approximate surface area is 101 Å². The molecule has 1 aromatic rings. The molecule has 0 amide bonds. The molecule has 0 saturated carbocycles. The molecule has 92 valence electrons. The van der Waals surface area contributed by atoms with Crippen LogP contribution in [0.5, 0.6) is 0 Å². The van der Waals surface area contributed by atoms with Gasteiger partial charge in [0.25, 0.3) is 10.0 Å². The third kappa shape index (κ3) is 3.28. The quantitative estimate of drug-likeness (QED) is 0.875. The standard InChI is InChI=1S/C10H18N2O2S2/c1-8(2)11-6-9-5-10(15-7-9)16(13,14)12(3)4/h5,7-8,11H,6H2,1-4H3. The van der Waals surface area contributed by atoms with Gasteiger partial charge < -0.3 is 5.32 Å². The number of rotatable bonds is 5. The predicted octanol–water partition coefficient (Wildman–Crippen LogP) is 1.50. The van der Waals surface area contributed by atoms with Crippen LogP contribution < -0.4 is 5.32 Å². The normalized spacial score (nSPS) is 12.6. The van der Waals surface area contributed by atoms with Gasteiger partial charge in [-0.1, -0.05) is 13.8 Å².